The summed E-state index contributed by atoms with van der Waals surface area (Å²) >= 11 is 0. The van der Waals surface area contributed by atoms with Crippen molar-refractivity contribution in [1.82, 2.24) is 15.6 Å². The van der Waals surface area contributed by atoms with Gasteiger partial charge in [-0.15, -0.1) is 0 Å². The highest BCUT2D eigenvalue weighted by Crippen LogP contribution is 2.40. The molecule has 5 nitrogen and oxygen atoms in total. The Hall–Kier alpha value is -2.75. The molecular formula is C22H23F5N4O. The molecule has 2 aliphatic heterocycles. The quantitative estimate of drug-likeness (QED) is 0.670. The van der Waals surface area contributed by atoms with Crippen molar-refractivity contribution >= 4 is 11.6 Å². The predicted molar refractivity (Wildman–Crippen MR) is 109 cm³/mol. The lowest BCUT2D eigenvalue weighted by Crippen LogP contribution is -2.42. The van der Waals surface area contributed by atoms with Crippen LogP contribution in [0.5, 0.6) is 0 Å². The molecule has 10 heteroatoms. The SMILES string of the molecule is O=C(NCCC(F)(F)F)c1cncc(-c2cc(F)cc(F)c2)c1N1CCC2(CCCN2)C1. The van der Waals surface area contributed by atoms with Crippen LogP contribution in [0, 0.1) is 11.6 Å². The molecule has 1 atom stereocenters. The molecule has 32 heavy (non-hydrogen) atoms. The van der Waals surface area contributed by atoms with Gasteiger partial charge >= 0.3 is 6.18 Å². The number of amides is 1. The molecule has 0 bridgehead atoms. The van der Waals surface area contributed by atoms with Crippen molar-refractivity contribution in [2.75, 3.05) is 31.1 Å². The molecule has 2 saturated heterocycles. The minimum absolute atomic E-state index is 0.0735. The molecule has 2 fully saturated rings. The van der Waals surface area contributed by atoms with Gasteiger partial charge in [-0.1, -0.05) is 0 Å². The van der Waals surface area contributed by atoms with Gasteiger partial charge in [0.2, 0.25) is 0 Å². The van der Waals surface area contributed by atoms with Gasteiger partial charge in [0.25, 0.3) is 5.91 Å². The van der Waals surface area contributed by atoms with Gasteiger partial charge < -0.3 is 15.5 Å². The maximum Gasteiger partial charge on any atom is 0.390 e. The third-order valence-electron chi connectivity index (χ3n) is 6.03. The summed E-state index contributed by atoms with van der Waals surface area (Å²) in [5.74, 6) is -2.27. The molecule has 1 amide bonds. The van der Waals surface area contributed by atoms with Crippen LogP contribution in [-0.2, 0) is 0 Å². The zero-order valence-electron chi connectivity index (χ0n) is 17.2. The van der Waals surface area contributed by atoms with E-state index in [4.69, 9.17) is 0 Å². The topological polar surface area (TPSA) is 57.3 Å². The van der Waals surface area contributed by atoms with Crippen molar-refractivity contribution < 1.29 is 26.7 Å². The molecule has 1 unspecified atom stereocenters. The molecule has 0 radical (unpaired) electrons. The van der Waals surface area contributed by atoms with Crippen LogP contribution in [0.4, 0.5) is 27.6 Å². The highest BCUT2D eigenvalue weighted by molar-refractivity contribution is 6.03. The lowest BCUT2D eigenvalue weighted by Gasteiger charge is -2.28. The molecule has 4 rings (SSSR count). The number of aromatic nitrogens is 1. The summed E-state index contributed by atoms with van der Waals surface area (Å²) in [6.07, 6.45) is -0.0463. The average molecular weight is 454 g/mol. The molecule has 3 heterocycles. The number of hydrogen-bond acceptors (Lipinski definition) is 4. The van der Waals surface area contributed by atoms with E-state index in [1.54, 1.807) is 0 Å². The summed E-state index contributed by atoms with van der Waals surface area (Å²) in [7, 11) is 0. The molecule has 1 aromatic heterocycles. The normalized spacial score (nSPS) is 20.8. The van der Waals surface area contributed by atoms with Crippen molar-refractivity contribution in [1.29, 1.82) is 0 Å². The van der Waals surface area contributed by atoms with Gasteiger partial charge in [0.1, 0.15) is 11.6 Å². The van der Waals surface area contributed by atoms with Crippen LogP contribution in [0.25, 0.3) is 11.1 Å². The summed E-state index contributed by atoms with van der Waals surface area (Å²) in [5, 5.41) is 5.80. The van der Waals surface area contributed by atoms with E-state index in [2.05, 4.69) is 15.6 Å². The second kappa shape index (κ2) is 8.65. The van der Waals surface area contributed by atoms with E-state index in [9.17, 15) is 26.7 Å². The van der Waals surface area contributed by atoms with Gasteiger partial charge in [0, 0.05) is 49.2 Å². The van der Waals surface area contributed by atoms with Gasteiger partial charge in [-0.3, -0.25) is 9.78 Å². The number of rotatable bonds is 5. The number of benzene rings is 1. The maximum atomic E-state index is 13.9. The van der Waals surface area contributed by atoms with Crippen molar-refractivity contribution in [2.24, 2.45) is 0 Å². The summed E-state index contributed by atoms with van der Waals surface area (Å²) in [5.41, 5.74) is 0.930. The number of carbonyl (C=O) groups is 1. The molecule has 1 spiro atoms. The maximum absolute atomic E-state index is 13.9. The average Bonchev–Trinajstić information content (AvgIpc) is 3.35. The zero-order chi connectivity index (χ0) is 22.9. The van der Waals surface area contributed by atoms with Crippen LogP contribution in [0.1, 0.15) is 36.0 Å². The predicted octanol–water partition coefficient (Wildman–Crippen LogP) is 4.04. The molecule has 2 N–H and O–H groups in total. The van der Waals surface area contributed by atoms with Crippen LogP contribution in [0.15, 0.2) is 30.6 Å². The number of halogens is 5. The summed E-state index contributed by atoms with van der Waals surface area (Å²) < 4.78 is 65.4. The monoisotopic (exact) mass is 454 g/mol. The molecule has 2 aliphatic rings. The minimum atomic E-state index is -4.40. The van der Waals surface area contributed by atoms with E-state index in [0.717, 1.165) is 44.0 Å². The van der Waals surface area contributed by atoms with Crippen LogP contribution >= 0.6 is 0 Å². The van der Waals surface area contributed by atoms with Gasteiger partial charge in [-0.25, -0.2) is 8.78 Å². The Kier molecular flexibility index (Phi) is 6.07. The Morgan fingerprint density at radius 1 is 1.16 bits per heavy atom. The Morgan fingerprint density at radius 3 is 2.56 bits per heavy atom. The van der Waals surface area contributed by atoms with E-state index >= 15 is 0 Å². The summed E-state index contributed by atoms with van der Waals surface area (Å²) in [6.45, 7) is 1.47. The van der Waals surface area contributed by atoms with Crippen molar-refractivity contribution in [2.45, 2.75) is 37.4 Å². The lowest BCUT2D eigenvalue weighted by atomic mass is 9.96. The number of pyridine rings is 1. The molecule has 1 aromatic carbocycles. The van der Waals surface area contributed by atoms with E-state index in [0.29, 0.717) is 24.3 Å². The Bertz CT molecular complexity index is 984. The van der Waals surface area contributed by atoms with E-state index in [-0.39, 0.29) is 16.7 Å². The summed E-state index contributed by atoms with van der Waals surface area (Å²) in [6, 6.07) is 3.04. The van der Waals surface area contributed by atoms with Gasteiger partial charge in [-0.05, 0) is 43.5 Å². The first kappa shape index (κ1) is 22.4. The van der Waals surface area contributed by atoms with Gasteiger partial charge in [0.15, 0.2) is 0 Å². The largest absolute Gasteiger partial charge is 0.390 e. The Morgan fingerprint density at radius 2 is 1.91 bits per heavy atom. The van der Waals surface area contributed by atoms with E-state index < -0.39 is 36.7 Å². The van der Waals surface area contributed by atoms with Gasteiger partial charge in [-0.2, -0.15) is 13.2 Å². The Balaban J connectivity index is 1.72. The van der Waals surface area contributed by atoms with Gasteiger partial charge in [0.05, 0.1) is 17.7 Å². The zero-order valence-corrected chi connectivity index (χ0v) is 17.2. The standard InChI is InChI=1S/C22H23F5N4O/c23-15-8-14(9-16(24)10-15)17-11-28-12-18(20(32)29-6-3-22(25,26)27)19(17)31-7-4-21(13-31)2-1-5-30-21/h8-12,30H,1-7,13H2,(H,29,32). The fourth-order valence-corrected chi connectivity index (χ4v) is 4.57. The molecule has 0 saturated carbocycles. The first-order valence-electron chi connectivity index (χ1n) is 10.5. The number of alkyl halides is 3. The van der Waals surface area contributed by atoms with Crippen molar-refractivity contribution in [3.8, 4) is 11.1 Å². The molecule has 0 aliphatic carbocycles. The van der Waals surface area contributed by atoms with Crippen LogP contribution in [0.3, 0.4) is 0 Å². The second-order valence-electron chi connectivity index (χ2n) is 8.34. The van der Waals surface area contributed by atoms with Crippen molar-refractivity contribution in [3.05, 3.63) is 47.8 Å². The third-order valence-corrected chi connectivity index (χ3v) is 6.03. The van der Waals surface area contributed by atoms with Crippen LogP contribution < -0.4 is 15.5 Å². The highest BCUT2D eigenvalue weighted by atomic mass is 19.4. The Labute approximate surface area is 182 Å². The number of carbonyl (C=O) groups excluding carboxylic acids is 1. The highest BCUT2D eigenvalue weighted by Gasteiger charge is 2.41. The third kappa shape index (κ3) is 4.85. The molecule has 172 valence electrons. The fourth-order valence-electron chi connectivity index (χ4n) is 4.57. The van der Waals surface area contributed by atoms with Crippen molar-refractivity contribution in [3.63, 3.8) is 0 Å². The van der Waals surface area contributed by atoms with Crippen LogP contribution in [0.2, 0.25) is 0 Å². The van der Waals surface area contributed by atoms with Crippen LogP contribution in [-0.4, -0.2) is 48.8 Å². The first-order valence-corrected chi connectivity index (χ1v) is 10.5. The molecule has 2 aromatic rings. The summed E-state index contributed by atoms with van der Waals surface area (Å²) in [4.78, 5) is 18.8. The van der Waals surface area contributed by atoms with E-state index in [1.165, 1.54) is 12.4 Å². The fraction of sp³-hybridized carbons (Fsp3) is 0.455. The number of hydrogen-bond donors (Lipinski definition) is 2. The lowest BCUT2D eigenvalue weighted by molar-refractivity contribution is -0.132. The van der Waals surface area contributed by atoms with E-state index in [1.807, 2.05) is 4.90 Å². The number of nitrogens with zero attached hydrogens (tertiary/aromatic N) is 2. The minimum Gasteiger partial charge on any atom is -0.368 e. The number of anilines is 1. The number of nitrogens with one attached hydrogen (secondary N) is 2. The second-order valence-corrected chi connectivity index (χ2v) is 8.34. The first-order chi connectivity index (χ1) is 15.2. The molecular weight excluding hydrogens is 431 g/mol. The smallest absolute Gasteiger partial charge is 0.368 e.